The van der Waals surface area contributed by atoms with Crippen LogP contribution in [0.3, 0.4) is 0 Å². The summed E-state index contributed by atoms with van der Waals surface area (Å²) < 4.78 is 5.39. The van der Waals surface area contributed by atoms with Crippen LogP contribution < -0.4 is 0 Å². The van der Waals surface area contributed by atoms with Crippen molar-refractivity contribution in [2.24, 2.45) is 0 Å². The number of amides is 1. The molecule has 1 aliphatic heterocycles. The summed E-state index contributed by atoms with van der Waals surface area (Å²) in [5.41, 5.74) is 0.791. The molecule has 0 unspecified atom stereocenters. The summed E-state index contributed by atoms with van der Waals surface area (Å²) in [4.78, 5) is 13.8. The second kappa shape index (κ2) is 5.74. The highest BCUT2D eigenvalue weighted by molar-refractivity contribution is 5.69. The molecule has 1 heterocycles. The Labute approximate surface area is 124 Å². The third-order valence-corrected chi connectivity index (χ3v) is 3.38. The first-order valence-electron chi connectivity index (χ1n) is 6.99. The number of aliphatic hydroxyl groups is 1. The Morgan fingerprint density at radius 1 is 1.38 bits per heavy atom. The van der Waals surface area contributed by atoms with E-state index in [9.17, 15) is 9.90 Å². The molecule has 1 fully saturated rings. The lowest BCUT2D eigenvalue weighted by Crippen LogP contribution is -2.38. The molecule has 0 radical (unpaired) electrons. The molecule has 1 N–H and O–H groups in total. The average molecular weight is 288 g/mol. The molecule has 2 atom stereocenters. The molecule has 0 saturated carbocycles. The van der Waals surface area contributed by atoms with Gasteiger partial charge in [0.15, 0.2) is 0 Å². The summed E-state index contributed by atoms with van der Waals surface area (Å²) in [5.74, 6) is 0. The first kappa shape index (κ1) is 15.3. The molecule has 1 amide bonds. The predicted molar refractivity (Wildman–Crippen MR) is 77.5 cm³/mol. The van der Waals surface area contributed by atoms with Crippen LogP contribution in [-0.2, 0) is 4.74 Å². The fourth-order valence-corrected chi connectivity index (χ4v) is 2.46. The van der Waals surface area contributed by atoms with Gasteiger partial charge in [0.25, 0.3) is 0 Å². The standard InChI is InChI=1S/C16H20N2O3/c1-16(2,3)21-15(20)18-9-8-13(19)14(18)12-6-4-11(10-17)5-7-12/h4-7,13-14,19H,8-9H2,1-3H3/t13-,14-/m0/s1. The van der Waals surface area contributed by atoms with Gasteiger partial charge in [-0.25, -0.2) is 4.79 Å². The van der Waals surface area contributed by atoms with Crippen LogP contribution >= 0.6 is 0 Å². The minimum absolute atomic E-state index is 0.423. The fourth-order valence-electron chi connectivity index (χ4n) is 2.46. The monoisotopic (exact) mass is 288 g/mol. The van der Waals surface area contributed by atoms with Gasteiger partial charge in [0.2, 0.25) is 0 Å². The Kier molecular flexibility index (Phi) is 4.19. The third-order valence-electron chi connectivity index (χ3n) is 3.38. The fraction of sp³-hybridized carbons (Fsp3) is 0.500. The van der Waals surface area contributed by atoms with Gasteiger partial charge in [-0.3, -0.25) is 4.90 Å². The van der Waals surface area contributed by atoms with Gasteiger partial charge in [0.05, 0.1) is 23.8 Å². The molecule has 1 saturated heterocycles. The molecule has 1 aromatic carbocycles. The second-order valence-electron chi connectivity index (χ2n) is 6.21. The smallest absolute Gasteiger partial charge is 0.410 e. The quantitative estimate of drug-likeness (QED) is 0.862. The summed E-state index contributed by atoms with van der Waals surface area (Å²) in [6.07, 6.45) is -0.525. The van der Waals surface area contributed by atoms with Crippen molar-refractivity contribution in [2.45, 2.75) is 44.9 Å². The molecular formula is C16H20N2O3. The van der Waals surface area contributed by atoms with Gasteiger partial charge < -0.3 is 9.84 Å². The van der Waals surface area contributed by atoms with Crippen LogP contribution in [-0.4, -0.2) is 34.3 Å². The Bertz CT molecular complexity index is 554. The third kappa shape index (κ3) is 3.53. The van der Waals surface area contributed by atoms with E-state index in [-0.39, 0.29) is 0 Å². The predicted octanol–water partition coefficient (Wildman–Crippen LogP) is 2.60. The van der Waals surface area contributed by atoms with Crippen molar-refractivity contribution in [1.82, 2.24) is 4.90 Å². The zero-order chi connectivity index (χ0) is 15.6. The van der Waals surface area contributed by atoms with E-state index in [1.165, 1.54) is 0 Å². The lowest BCUT2D eigenvalue weighted by Gasteiger charge is -2.29. The van der Waals surface area contributed by atoms with E-state index >= 15 is 0 Å². The van der Waals surface area contributed by atoms with E-state index in [1.807, 2.05) is 20.8 Å². The first-order chi connectivity index (χ1) is 9.81. The van der Waals surface area contributed by atoms with E-state index in [4.69, 9.17) is 10.00 Å². The number of benzene rings is 1. The zero-order valence-corrected chi connectivity index (χ0v) is 12.5. The van der Waals surface area contributed by atoms with E-state index in [0.29, 0.717) is 18.5 Å². The number of ether oxygens (including phenoxy) is 1. The number of rotatable bonds is 1. The number of carbonyl (C=O) groups is 1. The number of likely N-dealkylation sites (tertiary alicyclic amines) is 1. The molecule has 5 heteroatoms. The van der Waals surface area contributed by atoms with Crippen LogP contribution in [0.1, 0.15) is 44.4 Å². The highest BCUT2D eigenvalue weighted by atomic mass is 16.6. The van der Waals surface area contributed by atoms with Crippen molar-refractivity contribution < 1.29 is 14.6 Å². The molecule has 112 valence electrons. The zero-order valence-electron chi connectivity index (χ0n) is 12.5. The minimum Gasteiger partial charge on any atom is -0.444 e. The van der Waals surface area contributed by atoms with Gasteiger partial charge in [-0.1, -0.05) is 12.1 Å². The SMILES string of the molecule is CC(C)(C)OC(=O)N1CC[C@H](O)[C@@H]1c1ccc(C#N)cc1. The minimum atomic E-state index is -0.620. The van der Waals surface area contributed by atoms with Crippen molar-refractivity contribution in [1.29, 1.82) is 5.26 Å². The Morgan fingerprint density at radius 2 is 2.00 bits per heavy atom. The Morgan fingerprint density at radius 3 is 2.52 bits per heavy atom. The lowest BCUT2D eigenvalue weighted by molar-refractivity contribution is 0.0152. The van der Waals surface area contributed by atoms with Crippen LogP contribution in [0.2, 0.25) is 0 Å². The van der Waals surface area contributed by atoms with Gasteiger partial charge in [0.1, 0.15) is 5.60 Å². The van der Waals surface area contributed by atoms with Gasteiger partial charge in [-0.05, 0) is 44.9 Å². The highest BCUT2D eigenvalue weighted by Gasteiger charge is 2.39. The Hall–Kier alpha value is -2.06. The van der Waals surface area contributed by atoms with Crippen LogP contribution in [0.5, 0.6) is 0 Å². The summed E-state index contributed by atoms with van der Waals surface area (Å²) in [7, 11) is 0. The van der Waals surface area contributed by atoms with Crippen LogP contribution in [0.4, 0.5) is 4.79 Å². The van der Waals surface area contributed by atoms with E-state index in [0.717, 1.165) is 5.56 Å². The van der Waals surface area contributed by atoms with Crippen LogP contribution in [0, 0.1) is 11.3 Å². The summed E-state index contributed by atoms with van der Waals surface area (Å²) in [6.45, 7) is 5.90. The first-order valence-corrected chi connectivity index (χ1v) is 6.99. The summed E-state index contributed by atoms with van der Waals surface area (Å²) in [6, 6.07) is 8.55. The number of hydrogen-bond acceptors (Lipinski definition) is 4. The average Bonchev–Trinajstić information content (AvgIpc) is 2.79. The molecule has 0 aliphatic carbocycles. The largest absolute Gasteiger partial charge is 0.444 e. The van der Waals surface area contributed by atoms with E-state index in [1.54, 1.807) is 29.2 Å². The molecule has 1 aliphatic rings. The van der Waals surface area contributed by atoms with Crippen molar-refractivity contribution in [3.8, 4) is 6.07 Å². The highest BCUT2D eigenvalue weighted by Crippen LogP contribution is 2.33. The summed E-state index contributed by atoms with van der Waals surface area (Å²) >= 11 is 0. The molecule has 2 rings (SSSR count). The number of aliphatic hydroxyl groups excluding tert-OH is 1. The molecule has 0 bridgehead atoms. The molecule has 0 aromatic heterocycles. The number of carbonyl (C=O) groups excluding carboxylic acids is 1. The van der Waals surface area contributed by atoms with Crippen molar-refractivity contribution >= 4 is 6.09 Å². The van der Waals surface area contributed by atoms with Crippen molar-refractivity contribution in [3.63, 3.8) is 0 Å². The van der Waals surface area contributed by atoms with Gasteiger partial charge >= 0.3 is 6.09 Å². The van der Waals surface area contributed by atoms with E-state index < -0.39 is 23.8 Å². The molecule has 1 aromatic rings. The molecule has 21 heavy (non-hydrogen) atoms. The normalized spacial score (nSPS) is 22.0. The molecular weight excluding hydrogens is 268 g/mol. The maximum absolute atomic E-state index is 12.3. The maximum Gasteiger partial charge on any atom is 0.410 e. The van der Waals surface area contributed by atoms with Crippen molar-refractivity contribution in [2.75, 3.05) is 6.54 Å². The van der Waals surface area contributed by atoms with E-state index in [2.05, 4.69) is 6.07 Å². The van der Waals surface area contributed by atoms with Gasteiger partial charge in [-0.15, -0.1) is 0 Å². The van der Waals surface area contributed by atoms with Crippen LogP contribution in [0.25, 0.3) is 0 Å². The maximum atomic E-state index is 12.3. The van der Waals surface area contributed by atoms with Gasteiger partial charge in [0, 0.05) is 6.54 Å². The Balaban J connectivity index is 2.22. The molecule has 5 nitrogen and oxygen atoms in total. The molecule has 0 spiro atoms. The summed E-state index contributed by atoms with van der Waals surface area (Å²) in [5, 5.41) is 19.0. The second-order valence-corrected chi connectivity index (χ2v) is 6.21. The van der Waals surface area contributed by atoms with Gasteiger partial charge in [-0.2, -0.15) is 5.26 Å². The van der Waals surface area contributed by atoms with Crippen LogP contribution in [0.15, 0.2) is 24.3 Å². The number of hydrogen-bond donors (Lipinski definition) is 1. The topological polar surface area (TPSA) is 73.6 Å². The lowest BCUT2D eigenvalue weighted by atomic mass is 10.0. The van der Waals surface area contributed by atoms with Crippen molar-refractivity contribution in [3.05, 3.63) is 35.4 Å². The number of nitriles is 1. The number of nitrogens with zero attached hydrogens (tertiary/aromatic N) is 2.